The highest BCUT2D eigenvalue weighted by Gasteiger charge is 2.35. The van der Waals surface area contributed by atoms with Crippen LogP contribution in [0.3, 0.4) is 0 Å². The maximum Gasteiger partial charge on any atom is 0.338 e. The zero-order valence-electron chi connectivity index (χ0n) is 24.8. The Hall–Kier alpha value is -5.02. The Balaban J connectivity index is 1.65. The van der Waals surface area contributed by atoms with Crippen LogP contribution in [0.1, 0.15) is 36.7 Å². The number of nitrogens with zero attached hydrogens (tertiary/aromatic N) is 4. The summed E-state index contributed by atoms with van der Waals surface area (Å²) in [6, 6.07) is 9.96. The largest absolute Gasteiger partial charge is 0.497 e. The van der Waals surface area contributed by atoms with Gasteiger partial charge in [-0.15, -0.1) is 0 Å². The van der Waals surface area contributed by atoms with Crippen LogP contribution in [0.2, 0.25) is 0 Å². The predicted octanol–water partition coefficient (Wildman–Crippen LogP) is 3.27. The first-order valence-electron chi connectivity index (χ1n) is 13.5. The van der Waals surface area contributed by atoms with Gasteiger partial charge in [0, 0.05) is 29.5 Å². The first-order chi connectivity index (χ1) is 21.5. The SMILES string of the molecule is CCOC(=O)C1=C(C)N=c2s/c(=C/c3ccc(Sc4nc(C)cc(=O)[nH]4)c([N+](=O)[O-])c3)c(=O)n2[C@@H]1c1ccc(OC)cc1OC. The number of nitrogens with one attached hydrogen (secondary N) is 1. The molecule has 0 radical (unpaired) electrons. The maximum atomic E-state index is 14.0. The number of ether oxygens (including phenoxy) is 3. The van der Waals surface area contributed by atoms with Gasteiger partial charge in [-0.3, -0.25) is 24.3 Å². The number of benzene rings is 2. The number of hydrogen-bond donors (Lipinski definition) is 1. The van der Waals surface area contributed by atoms with E-state index in [0.29, 0.717) is 38.8 Å². The lowest BCUT2D eigenvalue weighted by Crippen LogP contribution is -2.40. The van der Waals surface area contributed by atoms with Crippen molar-refractivity contribution in [3.05, 3.63) is 111 Å². The van der Waals surface area contributed by atoms with Crippen molar-refractivity contribution in [2.45, 2.75) is 36.9 Å². The first kappa shape index (κ1) is 31.4. The number of nitro benzene ring substituents is 1. The number of rotatable bonds is 9. The van der Waals surface area contributed by atoms with Gasteiger partial charge in [0.05, 0.1) is 46.4 Å². The Morgan fingerprint density at radius 3 is 2.60 bits per heavy atom. The summed E-state index contributed by atoms with van der Waals surface area (Å²) in [4.78, 5) is 62.5. The van der Waals surface area contributed by atoms with E-state index in [4.69, 9.17) is 14.2 Å². The highest BCUT2D eigenvalue weighted by molar-refractivity contribution is 7.99. The minimum atomic E-state index is -0.930. The number of hydrogen-bond acceptors (Lipinski definition) is 12. The van der Waals surface area contributed by atoms with Gasteiger partial charge in [-0.1, -0.05) is 17.4 Å². The molecule has 2 aromatic carbocycles. The van der Waals surface area contributed by atoms with Crippen LogP contribution in [-0.4, -0.2) is 46.3 Å². The van der Waals surface area contributed by atoms with Gasteiger partial charge >= 0.3 is 5.97 Å². The average molecular weight is 650 g/mol. The normalized spacial score (nSPS) is 14.5. The summed E-state index contributed by atoms with van der Waals surface area (Å²) in [6.07, 6.45) is 1.53. The second-order valence-corrected chi connectivity index (χ2v) is 11.7. The van der Waals surface area contributed by atoms with E-state index in [-0.39, 0.29) is 38.0 Å². The van der Waals surface area contributed by atoms with Gasteiger partial charge in [0.2, 0.25) is 0 Å². The van der Waals surface area contributed by atoms with Crippen LogP contribution in [0, 0.1) is 17.0 Å². The van der Waals surface area contributed by atoms with E-state index < -0.39 is 22.5 Å². The predicted molar refractivity (Wildman–Crippen MR) is 167 cm³/mol. The van der Waals surface area contributed by atoms with Crippen molar-refractivity contribution in [1.29, 1.82) is 0 Å². The fourth-order valence-electron chi connectivity index (χ4n) is 4.84. The summed E-state index contributed by atoms with van der Waals surface area (Å²) in [5.41, 5.74) is 0.882. The molecular weight excluding hydrogens is 622 g/mol. The number of H-pyrrole nitrogens is 1. The molecule has 0 spiro atoms. The molecule has 5 rings (SSSR count). The number of thiazole rings is 1. The van der Waals surface area contributed by atoms with Gasteiger partial charge < -0.3 is 19.2 Å². The molecule has 0 amide bonds. The average Bonchev–Trinajstić information content (AvgIpc) is 3.30. The molecular formula is C30H27N5O8S2. The van der Waals surface area contributed by atoms with E-state index in [1.54, 1.807) is 45.0 Å². The molecule has 0 saturated carbocycles. The standard InChI is InChI=1S/C30H27N5O8S2/c1-6-43-28(38)25-16(3)32-30-34(26(25)19-9-8-18(41-4)14-21(19)42-5)27(37)23(45-30)13-17-7-10-22(20(12-17)35(39)40)44-29-31-15(2)11-24(36)33-29/h7-14,26H,6H2,1-5H3,(H,31,33,36)/b23-13+/t26-/m1/s1. The number of carbonyl (C=O) groups excluding carboxylic acids is 1. The van der Waals surface area contributed by atoms with Crippen LogP contribution < -0.4 is 29.9 Å². The summed E-state index contributed by atoms with van der Waals surface area (Å²) in [6.45, 7) is 5.13. The number of carbonyl (C=O) groups is 1. The van der Waals surface area contributed by atoms with E-state index in [0.717, 1.165) is 23.1 Å². The molecule has 1 aliphatic rings. The van der Waals surface area contributed by atoms with Crippen LogP contribution in [0.4, 0.5) is 5.69 Å². The second kappa shape index (κ2) is 12.9. The van der Waals surface area contributed by atoms with Crippen molar-refractivity contribution in [2.24, 2.45) is 4.99 Å². The Bertz CT molecular complexity index is 2120. The first-order valence-corrected chi connectivity index (χ1v) is 15.1. The minimum Gasteiger partial charge on any atom is -0.497 e. The molecule has 0 aliphatic carbocycles. The van der Waals surface area contributed by atoms with Crippen LogP contribution in [0.25, 0.3) is 6.08 Å². The smallest absolute Gasteiger partial charge is 0.338 e. The summed E-state index contributed by atoms with van der Waals surface area (Å²) >= 11 is 2.03. The number of aromatic nitrogens is 3. The maximum absolute atomic E-state index is 14.0. The van der Waals surface area contributed by atoms with E-state index in [9.17, 15) is 24.5 Å². The molecule has 232 valence electrons. The fourth-order valence-corrected chi connectivity index (χ4v) is 6.81. The Labute approximate surface area is 263 Å². The van der Waals surface area contributed by atoms with Crippen molar-refractivity contribution in [1.82, 2.24) is 14.5 Å². The Morgan fingerprint density at radius 2 is 1.93 bits per heavy atom. The van der Waals surface area contributed by atoms with Crippen LogP contribution >= 0.6 is 23.1 Å². The molecule has 45 heavy (non-hydrogen) atoms. The number of allylic oxidation sites excluding steroid dienone is 1. The van der Waals surface area contributed by atoms with E-state index in [1.807, 2.05) is 0 Å². The van der Waals surface area contributed by atoms with Crippen molar-refractivity contribution in [2.75, 3.05) is 20.8 Å². The molecule has 1 atom stereocenters. The highest BCUT2D eigenvalue weighted by atomic mass is 32.2. The lowest BCUT2D eigenvalue weighted by atomic mass is 9.95. The van der Waals surface area contributed by atoms with Gasteiger partial charge in [-0.25, -0.2) is 14.8 Å². The van der Waals surface area contributed by atoms with Crippen molar-refractivity contribution < 1.29 is 23.9 Å². The van der Waals surface area contributed by atoms with E-state index >= 15 is 0 Å². The van der Waals surface area contributed by atoms with Crippen molar-refractivity contribution >= 4 is 40.8 Å². The zero-order chi connectivity index (χ0) is 32.4. The summed E-state index contributed by atoms with van der Waals surface area (Å²) in [7, 11) is 2.99. The Kier molecular flexibility index (Phi) is 9.01. The molecule has 0 bridgehead atoms. The van der Waals surface area contributed by atoms with Crippen LogP contribution in [0.15, 0.2) is 78.4 Å². The molecule has 1 N–H and O–H groups in total. The molecule has 13 nitrogen and oxygen atoms in total. The van der Waals surface area contributed by atoms with Gasteiger partial charge in [0.25, 0.3) is 16.8 Å². The molecule has 0 fully saturated rings. The number of aryl methyl sites for hydroxylation is 1. The van der Waals surface area contributed by atoms with Crippen molar-refractivity contribution in [3.8, 4) is 11.5 Å². The molecule has 0 saturated heterocycles. The molecule has 1 aliphatic heterocycles. The summed E-state index contributed by atoms with van der Waals surface area (Å²) in [5, 5.41) is 12.2. The van der Waals surface area contributed by atoms with E-state index in [1.165, 1.54) is 43.1 Å². The quantitative estimate of drug-likeness (QED) is 0.123. The number of esters is 1. The molecule has 2 aromatic heterocycles. The number of aromatic amines is 1. The summed E-state index contributed by atoms with van der Waals surface area (Å²) in [5.74, 6) is 0.289. The third kappa shape index (κ3) is 6.30. The summed E-state index contributed by atoms with van der Waals surface area (Å²) < 4.78 is 18.0. The third-order valence-corrected chi connectivity index (χ3v) is 8.72. The van der Waals surface area contributed by atoms with Gasteiger partial charge in [-0.05, 0) is 62.4 Å². The van der Waals surface area contributed by atoms with Crippen LogP contribution in [0.5, 0.6) is 11.5 Å². The topological polar surface area (TPSA) is 168 Å². The third-order valence-electron chi connectivity index (χ3n) is 6.78. The zero-order valence-corrected chi connectivity index (χ0v) is 26.4. The van der Waals surface area contributed by atoms with Gasteiger partial charge in [-0.2, -0.15) is 0 Å². The molecule has 0 unspecified atom stereocenters. The monoisotopic (exact) mass is 649 g/mol. The lowest BCUT2D eigenvalue weighted by molar-refractivity contribution is -0.387. The minimum absolute atomic E-state index is 0.121. The number of nitro groups is 1. The number of fused-ring (bicyclic) bond motifs is 1. The molecule has 3 heterocycles. The van der Waals surface area contributed by atoms with Crippen LogP contribution in [-0.2, 0) is 9.53 Å². The van der Waals surface area contributed by atoms with E-state index in [2.05, 4.69) is 15.0 Å². The fraction of sp³-hybridized carbons (Fsp3) is 0.233. The Morgan fingerprint density at radius 1 is 1.16 bits per heavy atom. The van der Waals surface area contributed by atoms with Gasteiger partial charge in [0.15, 0.2) is 9.96 Å². The lowest BCUT2D eigenvalue weighted by Gasteiger charge is -2.26. The second-order valence-electron chi connectivity index (χ2n) is 9.69. The highest BCUT2D eigenvalue weighted by Crippen LogP contribution is 2.38. The molecule has 15 heteroatoms. The van der Waals surface area contributed by atoms with Crippen molar-refractivity contribution in [3.63, 3.8) is 0 Å². The number of methoxy groups -OCH3 is 2. The van der Waals surface area contributed by atoms with Gasteiger partial charge in [0.1, 0.15) is 17.5 Å². The molecule has 4 aromatic rings.